The normalized spacial score (nSPS) is 17.6. The van der Waals surface area contributed by atoms with Crippen LogP contribution in [0.1, 0.15) is 31.5 Å². The summed E-state index contributed by atoms with van der Waals surface area (Å²) in [4.78, 5) is 16.9. The molecule has 0 amide bonds. The highest BCUT2D eigenvalue weighted by molar-refractivity contribution is 5.86. The summed E-state index contributed by atoms with van der Waals surface area (Å²) in [6.45, 7) is 11.0. The van der Waals surface area contributed by atoms with Crippen molar-refractivity contribution in [2.45, 2.75) is 39.2 Å². The van der Waals surface area contributed by atoms with Crippen LogP contribution >= 0.6 is 37.2 Å². The fourth-order valence-corrected chi connectivity index (χ4v) is 3.40. The van der Waals surface area contributed by atoms with Crippen LogP contribution in [-0.2, 0) is 12.8 Å². The largest absolute Gasteiger partial charge is 0.383 e. The quantitative estimate of drug-likeness (QED) is 0.788. The molecule has 0 saturated carbocycles. The summed E-state index contributed by atoms with van der Waals surface area (Å²) in [7, 11) is 0. The molecule has 25 heavy (non-hydrogen) atoms. The molecule has 1 saturated heterocycles. The second-order valence-electron chi connectivity index (χ2n) is 6.60. The molecule has 1 aromatic heterocycles. The first-order valence-electron chi connectivity index (χ1n) is 8.46. The van der Waals surface area contributed by atoms with Gasteiger partial charge in [0, 0.05) is 57.3 Å². The predicted molar refractivity (Wildman–Crippen MR) is 110 cm³/mol. The standard InChI is InChI=1S/C16H27N5O.3ClH/c1-12(2)21-10-8-20(9-11-21)7-5-14-15-13(4-3-6-17-15)16(22)19-18-14;;;/h12,17H,3-11H2,1-2H3,(H,19,22);3*1H. The van der Waals surface area contributed by atoms with Crippen LogP contribution in [0.5, 0.6) is 0 Å². The minimum Gasteiger partial charge on any atom is -0.383 e. The van der Waals surface area contributed by atoms with Gasteiger partial charge in [-0.05, 0) is 26.7 Å². The summed E-state index contributed by atoms with van der Waals surface area (Å²) in [5, 5.41) is 10.3. The van der Waals surface area contributed by atoms with Gasteiger partial charge in [-0.1, -0.05) is 0 Å². The van der Waals surface area contributed by atoms with E-state index in [1.54, 1.807) is 0 Å². The summed E-state index contributed by atoms with van der Waals surface area (Å²) < 4.78 is 0. The lowest BCUT2D eigenvalue weighted by molar-refractivity contribution is 0.109. The van der Waals surface area contributed by atoms with E-state index in [2.05, 4.69) is 39.2 Å². The van der Waals surface area contributed by atoms with Gasteiger partial charge in [-0.15, -0.1) is 37.2 Å². The van der Waals surface area contributed by atoms with E-state index < -0.39 is 0 Å². The van der Waals surface area contributed by atoms with E-state index in [0.717, 1.165) is 75.5 Å². The zero-order chi connectivity index (χ0) is 15.5. The van der Waals surface area contributed by atoms with Crippen LogP contribution in [0.3, 0.4) is 0 Å². The SMILES string of the molecule is CC(C)N1CCN(CCc2n[nH]c(=O)c3c2NCCC3)CC1.Cl.Cl.Cl. The fourth-order valence-electron chi connectivity index (χ4n) is 3.40. The van der Waals surface area contributed by atoms with Crippen molar-refractivity contribution in [2.75, 3.05) is 44.6 Å². The number of H-pyrrole nitrogens is 1. The highest BCUT2D eigenvalue weighted by atomic mass is 35.5. The van der Waals surface area contributed by atoms with Crippen LogP contribution in [0.2, 0.25) is 0 Å². The Morgan fingerprint density at radius 1 is 1.12 bits per heavy atom. The number of aromatic amines is 1. The first kappa shape index (κ1) is 24.5. The molecular formula is C16H30Cl3N5O. The van der Waals surface area contributed by atoms with Crippen molar-refractivity contribution >= 4 is 42.9 Å². The van der Waals surface area contributed by atoms with Gasteiger partial charge >= 0.3 is 0 Å². The summed E-state index contributed by atoms with van der Waals surface area (Å²) in [6.07, 6.45) is 2.78. The molecule has 3 rings (SSSR count). The van der Waals surface area contributed by atoms with Crippen LogP contribution in [0, 0.1) is 0 Å². The van der Waals surface area contributed by atoms with Crippen LogP contribution in [0.25, 0.3) is 0 Å². The lowest BCUT2D eigenvalue weighted by Gasteiger charge is -2.37. The Hall–Kier alpha value is -0.530. The maximum absolute atomic E-state index is 11.8. The molecule has 6 nitrogen and oxygen atoms in total. The number of aromatic nitrogens is 2. The van der Waals surface area contributed by atoms with Gasteiger partial charge in [0.15, 0.2) is 0 Å². The van der Waals surface area contributed by atoms with Crippen LogP contribution in [0.4, 0.5) is 5.69 Å². The van der Waals surface area contributed by atoms with Gasteiger partial charge in [0.2, 0.25) is 0 Å². The second kappa shape index (κ2) is 11.2. The smallest absolute Gasteiger partial charge is 0.269 e. The van der Waals surface area contributed by atoms with Crippen molar-refractivity contribution in [1.29, 1.82) is 0 Å². The van der Waals surface area contributed by atoms with Crippen molar-refractivity contribution in [2.24, 2.45) is 0 Å². The number of hydrogen-bond donors (Lipinski definition) is 2. The van der Waals surface area contributed by atoms with Gasteiger partial charge in [-0.25, -0.2) is 5.10 Å². The molecule has 9 heteroatoms. The van der Waals surface area contributed by atoms with Crippen molar-refractivity contribution in [1.82, 2.24) is 20.0 Å². The highest BCUT2D eigenvalue weighted by Crippen LogP contribution is 2.21. The average molecular weight is 415 g/mol. The Labute approximate surface area is 168 Å². The fraction of sp³-hybridized carbons (Fsp3) is 0.750. The Morgan fingerprint density at radius 3 is 2.44 bits per heavy atom. The van der Waals surface area contributed by atoms with Crippen LogP contribution < -0.4 is 10.9 Å². The summed E-state index contributed by atoms with van der Waals surface area (Å²) >= 11 is 0. The lowest BCUT2D eigenvalue weighted by Crippen LogP contribution is -2.49. The molecule has 3 heterocycles. The molecule has 0 aromatic carbocycles. The van der Waals surface area contributed by atoms with Gasteiger partial charge in [-0.2, -0.15) is 5.10 Å². The van der Waals surface area contributed by atoms with E-state index in [4.69, 9.17) is 0 Å². The van der Waals surface area contributed by atoms with Crippen molar-refractivity contribution in [3.05, 3.63) is 21.6 Å². The highest BCUT2D eigenvalue weighted by Gasteiger charge is 2.21. The molecule has 2 N–H and O–H groups in total. The second-order valence-corrected chi connectivity index (χ2v) is 6.60. The van der Waals surface area contributed by atoms with E-state index in [9.17, 15) is 4.79 Å². The maximum Gasteiger partial charge on any atom is 0.269 e. The zero-order valence-electron chi connectivity index (χ0n) is 14.9. The van der Waals surface area contributed by atoms with Crippen LogP contribution in [0.15, 0.2) is 4.79 Å². The van der Waals surface area contributed by atoms with E-state index in [1.807, 2.05) is 0 Å². The van der Waals surface area contributed by atoms with Crippen molar-refractivity contribution in [3.63, 3.8) is 0 Å². The third-order valence-electron chi connectivity index (χ3n) is 4.86. The molecule has 0 spiro atoms. The van der Waals surface area contributed by atoms with Crippen LogP contribution in [-0.4, -0.2) is 65.3 Å². The Balaban J connectivity index is 0.00000192. The van der Waals surface area contributed by atoms with Gasteiger partial charge in [0.05, 0.1) is 11.4 Å². The topological polar surface area (TPSA) is 64.3 Å². The molecule has 0 bridgehead atoms. The van der Waals surface area contributed by atoms with Gasteiger partial charge in [-0.3, -0.25) is 9.69 Å². The number of halogens is 3. The van der Waals surface area contributed by atoms with E-state index in [-0.39, 0.29) is 42.8 Å². The molecule has 0 radical (unpaired) electrons. The third kappa shape index (κ3) is 6.00. The molecule has 0 unspecified atom stereocenters. The molecule has 2 aliphatic heterocycles. The Morgan fingerprint density at radius 2 is 1.80 bits per heavy atom. The van der Waals surface area contributed by atoms with Gasteiger partial charge in [0.1, 0.15) is 0 Å². The minimum absolute atomic E-state index is 0. The zero-order valence-corrected chi connectivity index (χ0v) is 17.4. The number of nitrogens with zero attached hydrogens (tertiary/aromatic N) is 3. The molecule has 2 aliphatic rings. The maximum atomic E-state index is 11.8. The molecular weight excluding hydrogens is 385 g/mol. The molecule has 0 aliphatic carbocycles. The molecule has 1 fully saturated rings. The Kier molecular flexibility index (Phi) is 11.0. The third-order valence-corrected chi connectivity index (χ3v) is 4.86. The average Bonchev–Trinajstić information content (AvgIpc) is 2.55. The number of hydrogen-bond acceptors (Lipinski definition) is 5. The minimum atomic E-state index is -0.0310. The molecule has 1 aromatic rings. The summed E-state index contributed by atoms with van der Waals surface area (Å²) in [5.74, 6) is 0. The number of anilines is 1. The number of fused-ring (bicyclic) bond motifs is 1. The van der Waals surface area contributed by atoms with Gasteiger partial charge < -0.3 is 10.2 Å². The first-order chi connectivity index (χ1) is 10.6. The summed E-state index contributed by atoms with van der Waals surface area (Å²) in [5.41, 5.74) is 2.87. The number of rotatable bonds is 4. The van der Waals surface area contributed by atoms with Crippen molar-refractivity contribution in [3.8, 4) is 0 Å². The molecule has 0 atom stereocenters. The van der Waals surface area contributed by atoms with E-state index in [0.29, 0.717) is 6.04 Å². The van der Waals surface area contributed by atoms with Crippen molar-refractivity contribution < 1.29 is 0 Å². The van der Waals surface area contributed by atoms with Gasteiger partial charge in [0.25, 0.3) is 5.56 Å². The number of piperazine rings is 1. The first-order valence-corrected chi connectivity index (χ1v) is 8.46. The monoisotopic (exact) mass is 413 g/mol. The van der Waals surface area contributed by atoms with E-state index in [1.165, 1.54) is 0 Å². The molecule has 146 valence electrons. The van der Waals surface area contributed by atoms with E-state index >= 15 is 0 Å². The predicted octanol–water partition coefficient (Wildman–Crippen LogP) is 1.96. The lowest BCUT2D eigenvalue weighted by atomic mass is 10.0. The summed E-state index contributed by atoms with van der Waals surface area (Å²) in [6, 6.07) is 0.638. The Bertz CT molecular complexity index is 573. The number of nitrogens with one attached hydrogen (secondary N) is 2.